The number of aromatic nitrogens is 2. The highest BCUT2D eigenvalue weighted by Crippen LogP contribution is 2.23. The van der Waals surface area contributed by atoms with Crippen molar-refractivity contribution < 1.29 is 22.6 Å². The molecule has 0 unspecified atom stereocenters. The average molecular weight is 513 g/mol. The Kier molecular flexibility index (Phi) is 8.85. The van der Waals surface area contributed by atoms with Gasteiger partial charge in [-0.15, -0.1) is 37.1 Å². The Hall–Kier alpha value is -2.18. The first-order chi connectivity index (χ1) is 12.7. The normalized spacial score (nSPS) is 11.7. The predicted octanol–water partition coefficient (Wildman–Crippen LogP) is 3.11. The van der Waals surface area contributed by atoms with Gasteiger partial charge in [-0.2, -0.15) is 5.10 Å². The summed E-state index contributed by atoms with van der Waals surface area (Å²) in [4.78, 5) is 4.18. The summed E-state index contributed by atoms with van der Waals surface area (Å²) >= 11 is 0. The molecule has 0 aliphatic heterocycles. The minimum atomic E-state index is -4.71. The maximum atomic E-state index is 12.1. The largest absolute Gasteiger partial charge is 0.573 e. The van der Waals surface area contributed by atoms with Gasteiger partial charge in [0.05, 0.1) is 31.5 Å². The Morgan fingerprint density at radius 3 is 2.46 bits per heavy atom. The lowest BCUT2D eigenvalue weighted by molar-refractivity contribution is -0.274. The summed E-state index contributed by atoms with van der Waals surface area (Å²) in [7, 11) is 3.37. The van der Waals surface area contributed by atoms with E-state index in [1.165, 1.54) is 24.3 Å². The monoisotopic (exact) mass is 513 g/mol. The van der Waals surface area contributed by atoms with E-state index in [-0.39, 0.29) is 42.2 Å². The molecule has 0 spiro atoms. The standard InChI is InChI=1S/C17H22F3N5O2.HI/c1-4-14-13(15(26-3)25(2)24-14)10-23-16(21)22-9-11-5-7-12(8-6-11)27-17(18,19)20;/h5-8H,4,9-10H2,1-3H3,(H3,21,22,23);1H. The fraction of sp³-hybridized carbons (Fsp3) is 0.412. The molecule has 0 radical (unpaired) electrons. The number of halogens is 4. The van der Waals surface area contributed by atoms with Gasteiger partial charge in [-0.3, -0.25) is 0 Å². The molecule has 1 aromatic carbocycles. The quantitative estimate of drug-likeness (QED) is 0.338. The number of nitrogens with two attached hydrogens (primary N) is 1. The number of alkyl halides is 3. The first kappa shape index (κ1) is 23.9. The Balaban J connectivity index is 0.00000392. The van der Waals surface area contributed by atoms with E-state index in [9.17, 15) is 13.2 Å². The third-order valence-electron chi connectivity index (χ3n) is 3.73. The van der Waals surface area contributed by atoms with Crippen molar-refractivity contribution in [1.82, 2.24) is 15.1 Å². The van der Waals surface area contributed by atoms with Crippen LogP contribution in [0.15, 0.2) is 29.3 Å². The van der Waals surface area contributed by atoms with Gasteiger partial charge in [0.25, 0.3) is 0 Å². The minimum Gasteiger partial charge on any atom is -0.481 e. The van der Waals surface area contributed by atoms with E-state index in [4.69, 9.17) is 10.5 Å². The van der Waals surface area contributed by atoms with Crippen LogP contribution in [-0.2, 0) is 26.6 Å². The first-order valence-corrected chi connectivity index (χ1v) is 8.20. The number of aryl methyl sites for hydroxylation is 2. The smallest absolute Gasteiger partial charge is 0.481 e. The van der Waals surface area contributed by atoms with E-state index < -0.39 is 6.36 Å². The van der Waals surface area contributed by atoms with Gasteiger partial charge in [-0.05, 0) is 24.1 Å². The van der Waals surface area contributed by atoms with Gasteiger partial charge in [-0.1, -0.05) is 19.1 Å². The fourth-order valence-corrected chi connectivity index (χ4v) is 2.53. The number of nitrogens with one attached hydrogen (secondary N) is 1. The molecule has 2 rings (SSSR count). The number of aliphatic imine (C=N–C) groups is 1. The molecule has 0 fully saturated rings. The van der Waals surface area contributed by atoms with Crippen molar-refractivity contribution >= 4 is 29.9 Å². The molecule has 2 aromatic rings. The van der Waals surface area contributed by atoms with E-state index in [1.54, 1.807) is 18.8 Å². The van der Waals surface area contributed by atoms with Crippen molar-refractivity contribution in [3.8, 4) is 11.6 Å². The molecule has 11 heteroatoms. The summed E-state index contributed by atoms with van der Waals surface area (Å²) in [5.41, 5.74) is 8.36. The lowest BCUT2D eigenvalue weighted by Crippen LogP contribution is -2.31. The molecular weight excluding hydrogens is 490 g/mol. The summed E-state index contributed by atoms with van der Waals surface area (Å²) in [6.45, 7) is 2.61. The summed E-state index contributed by atoms with van der Waals surface area (Å²) in [6.07, 6.45) is -3.96. The second-order valence-corrected chi connectivity index (χ2v) is 5.66. The van der Waals surface area contributed by atoms with Crippen molar-refractivity contribution in [2.24, 2.45) is 17.8 Å². The number of hydrogen-bond donors (Lipinski definition) is 2. The topological polar surface area (TPSA) is 86.7 Å². The van der Waals surface area contributed by atoms with Gasteiger partial charge < -0.3 is 20.5 Å². The molecule has 156 valence electrons. The summed E-state index contributed by atoms with van der Waals surface area (Å²) in [6, 6.07) is 5.46. The van der Waals surface area contributed by atoms with Crippen LogP contribution in [0.4, 0.5) is 13.2 Å². The molecule has 1 aromatic heterocycles. The fourth-order valence-electron chi connectivity index (χ4n) is 2.53. The molecule has 28 heavy (non-hydrogen) atoms. The highest BCUT2D eigenvalue weighted by Gasteiger charge is 2.30. The zero-order valence-electron chi connectivity index (χ0n) is 15.7. The van der Waals surface area contributed by atoms with E-state index in [0.717, 1.165) is 17.7 Å². The summed E-state index contributed by atoms with van der Waals surface area (Å²) in [5.74, 6) is 0.572. The van der Waals surface area contributed by atoms with Crippen molar-refractivity contribution in [1.29, 1.82) is 0 Å². The second-order valence-electron chi connectivity index (χ2n) is 5.66. The van der Waals surface area contributed by atoms with Crippen LogP contribution >= 0.6 is 24.0 Å². The third-order valence-corrected chi connectivity index (χ3v) is 3.73. The highest BCUT2D eigenvalue weighted by atomic mass is 127. The number of guanidine groups is 1. The van der Waals surface area contributed by atoms with Crippen LogP contribution in [0.5, 0.6) is 11.6 Å². The molecule has 0 aliphatic rings. The first-order valence-electron chi connectivity index (χ1n) is 8.20. The zero-order chi connectivity index (χ0) is 20.0. The Morgan fingerprint density at radius 1 is 1.29 bits per heavy atom. The van der Waals surface area contributed by atoms with Crippen LogP contribution in [-0.4, -0.2) is 29.2 Å². The maximum absolute atomic E-state index is 12.1. The van der Waals surface area contributed by atoms with Gasteiger partial charge in [0.1, 0.15) is 5.75 Å². The van der Waals surface area contributed by atoms with Crippen LogP contribution < -0.4 is 20.5 Å². The number of hydrogen-bond acceptors (Lipinski definition) is 4. The van der Waals surface area contributed by atoms with Gasteiger partial charge >= 0.3 is 6.36 Å². The van der Waals surface area contributed by atoms with Crippen LogP contribution in [0, 0.1) is 0 Å². The van der Waals surface area contributed by atoms with E-state index in [0.29, 0.717) is 18.0 Å². The van der Waals surface area contributed by atoms with Gasteiger partial charge in [-0.25, -0.2) is 9.67 Å². The van der Waals surface area contributed by atoms with Gasteiger partial charge in [0.2, 0.25) is 5.88 Å². The lowest BCUT2D eigenvalue weighted by Gasteiger charge is -2.09. The molecule has 0 aliphatic carbocycles. The number of benzene rings is 1. The summed E-state index contributed by atoms with van der Waals surface area (Å²) in [5, 5.41) is 7.38. The maximum Gasteiger partial charge on any atom is 0.573 e. The molecule has 0 atom stereocenters. The van der Waals surface area contributed by atoms with Crippen LogP contribution in [0.2, 0.25) is 0 Å². The average Bonchev–Trinajstić information content (AvgIpc) is 2.92. The van der Waals surface area contributed by atoms with Crippen LogP contribution in [0.25, 0.3) is 0 Å². The number of rotatable bonds is 7. The molecule has 0 bridgehead atoms. The molecule has 7 nitrogen and oxygen atoms in total. The Morgan fingerprint density at radius 2 is 1.93 bits per heavy atom. The van der Waals surface area contributed by atoms with E-state index in [2.05, 4.69) is 20.1 Å². The van der Waals surface area contributed by atoms with Crippen molar-refractivity contribution in [3.05, 3.63) is 41.1 Å². The van der Waals surface area contributed by atoms with Crippen LogP contribution in [0.3, 0.4) is 0 Å². The molecule has 0 amide bonds. The van der Waals surface area contributed by atoms with Crippen molar-refractivity contribution in [2.45, 2.75) is 32.8 Å². The number of ether oxygens (including phenoxy) is 2. The SMILES string of the molecule is CCc1nn(C)c(OC)c1CNC(N)=NCc1ccc(OC(F)(F)F)cc1.I. The van der Waals surface area contributed by atoms with Crippen molar-refractivity contribution in [3.63, 3.8) is 0 Å². The molecule has 0 saturated carbocycles. The highest BCUT2D eigenvalue weighted by molar-refractivity contribution is 14.0. The van der Waals surface area contributed by atoms with Crippen LogP contribution in [0.1, 0.15) is 23.7 Å². The molecule has 1 heterocycles. The second kappa shape index (κ2) is 10.4. The lowest BCUT2D eigenvalue weighted by atomic mass is 10.2. The van der Waals surface area contributed by atoms with E-state index in [1.807, 2.05) is 6.92 Å². The van der Waals surface area contributed by atoms with E-state index >= 15 is 0 Å². The summed E-state index contributed by atoms with van der Waals surface area (Å²) < 4.78 is 47.3. The predicted molar refractivity (Wildman–Crippen MR) is 110 cm³/mol. The molecule has 3 N–H and O–H groups in total. The van der Waals surface area contributed by atoms with Gasteiger partial charge in [0, 0.05) is 7.05 Å². The zero-order valence-corrected chi connectivity index (χ0v) is 18.0. The number of nitrogens with zero attached hydrogens (tertiary/aromatic N) is 3. The minimum absolute atomic E-state index is 0. The number of methoxy groups -OCH3 is 1. The Labute approximate surface area is 178 Å². The molecule has 0 saturated heterocycles. The Bertz CT molecular complexity index is 791. The third kappa shape index (κ3) is 6.77. The van der Waals surface area contributed by atoms with Crippen molar-refractivity contribution in [2.75, 3.05) is 7.11 Å². The van der Waals surface area contributed by atoms with Gasteiger partial charge in [0.15, 0.2) is 5.96 Å². The molecular formula is C17H23F3IN5O2.